The molecule has 0 amide bonds. The normalized spacial score (nSPS) is 14.9. The Balaban J connectivity index is 2.03. The zero-order valence-corrected chi connectivity index (χ0v) is 10.2. The molecule has 0 aliphatic heterocycles. The van der Waals surface area contributed by atoms with Crippen LogP contribution in [-0.2, 0) is 11.3 Å². The van der Waals surface area contributed by atoms with Crippen molar-refractivity contribution in [2.75, 3.05) is 12.8 Å². The number of nitrogens with zero attached hydrogens (tertiary/aromatic N) is 2. The van der Waals surface area contributed by atoms with Gasteiger partial charge < -0.3 is 15.2 Å². The zero-order chi connectivity index (χ0) is 12.5. The number of hydrogen-bond acceptors (Lipinski definition) is 5. The van der Waals surface area contributed by atoms with Gasteiger partial charge in [-0.15, -0.1) is 0 Å². The first kappa shape index (κ1) is 11.2. The van der Waals surface area contributed by atoms with E-state index in [1.165, 1.54) is 0 Å². The highest BCUT2D eigenvalue weighted by atomic mass is 16.5. The van der Waals surface area contributed by atoms with Crippen LogP contribution in [0.1, 0.15) is 18.4 Å². The Bertz CT molecular complexity index is 582. The lowest BCUT2D eigenvalue weighted by molar-refractivity contribution is 0.107. The largest absolute Gasteiger partial charge is 0.481 e. The molecule has 2 heterocycles. The number of nitrogens with two attached hydrogens (primary N) is 1. The number of hydrogen-bond donors (Lipinski definition) is 1. The fourth-order valence-electron chi connectivity index (χ4n) is 1.82. The molecule has 0 aromatic carbocycles. The fraction of sp³-hybridized carbons (Fsp3) is 0.385. The van der Waals surface area contributed by atoms with Gasteiger partial charge >= 0.3 is 0 Å². The maximum absolute atomic E-state index is 5.96. The molecular formula is C13H15N3O2. The van der Waals surface area contributed by atoms with Crippen LogP contribution in [0.15, 0.2) is 18.3 Å². The van der Waals surface area contributed by atoms with E-state index in [2.05, 4.69) is 9.97 Å². The first-order chi connectivity index (χ1) is 8.78. The summed E-state index contributed by atoms with van der Waals surface area (Å²) in [7, 11) is 1.59. The maximum Gasteiger partial charge on any atom is 0.213 e. The van der Waals surface area contributed by atoms with Crippen LogP contribution < -0.4 is 10.5 Å². The van der Waals surface area contributed by atoms with Gasteiger partial charge in [-0.3, -0.25) is 4.98 Å². The molecule has 2 aromatic heterocycles. The average Bonchev–Trinajstić information content (AvgIpc) is 3.21. The van der Waals surface area contributed by atoms with E-state index in [4.69, 9.17) is 15.2 Å². The molecule has 0 unspecified atom stereocenters. The molecule has 3 rings (SSSR count). The minimum absolute atomic E-state index is 0.387. The minimum atomic E-state index is 0.387. The van der Waals surface area contributed by atoms with E-state index in [1.807, 2.05) is 6.07 Å². The lowest BCUT2D eigenvalue weighted by Crippen LogP contribution is -2.03. The summed E-state index contributed by atoms with van der Waals surface area (Å²) in [5.41, 5.74) is 9.03. The number of methoxy groups -OCH3 is 1. The van der Waals surface area contributed by atoms with Crippen LogP contribution in [0, 0.1) is 0 Å². The van der Waals surface area contributed by atoms with Crippen LogP contribution in [0.5, 0.6) is 5.88 Å². The summed E-state index contributed by atoms with van der Waals surface area (Å²) in [5, 5.41) is 0. The van der Waals surface area contributed by atoms with E-state index in [9.17, 15) is 0 Å². The van der Waals surface area contributed by atoms with Gasteiger partial charge in [0.1, 0.15) is 5.52 Å². The van der Waals surface area contributed by atoms with Crippen molar-refractivity contribution in [3.8, 4) is 5.88 Å². The van der Waals surface area contributed by atoms with Gasteiger partial charge in [0.15, 0.2) is 0 Å². The molecule has 1 aliphatic rings. The minimum Gasteiger partial charge on any atom is -0.481 e. The van der Waals surface area contributed by atoms with Crippen molar-refractivity contribution in [1.82, 2.24) is 9.97 Å². The summed E-state index contributed by atoms with van der Waals surface area (Å²) in [5.74, 6) is 0.558. The van der Waals surface area contributed by atoms with Crippen molar-refractivity contribution in [2.24, 2.45) is 0 Å². The summed E-state index contributed by atoms with van der Waals surface area (Å²) in [4.78, 5) is 8.67. The standard InChI is InChI=1S/C13H15N3O2/c1-17-12-5-4-11-13(16-12)9(10(14)6-15-11)7-18-8-2-3-8/h4-6,8H,2-3,7,14H2,1H3. The molecule has 0 saturated heterocycles. The number of ether oxygens (including phenoxy) is 2. The number of fused-ring (bicyclic) bond motifs is 1. The van der Waals surface area contributed by atoms with E-state index >= 15 is 0 Å². The Hall–Kier alpha value is -1.88. The van der Waals surface area contributed by atoms with Gasteiger partial charge in [-0.2, -0.15) is 0 Å². The molecule has 0 atom stereocenters. The Morgan fingerprint density at radius 3 is 2.94 bits per heavy atom. The SMILES string of the molecule is COc1ccc2ncc(N)c(COC3CC3)c2n1. The fourth-order valence-corrected chi connectivity index (χ4v) is 1.82. The van der Waals surface area contributed by atoms with Crippen molar-refractivity contribution >= 4 is 16.7 Å². The number of pyridine rings is 2. The van der Waals surface area contributed by atoms with E-state index in [0.717, 1.165) is 29.4 Å². The van der Waals surface area contributed by atoms with Gasteiger partial charge in [0, 0.05) is 11.6 Å². The molecule has 5 nitrogen and oxygen atoms in total. The van der Waals surface area contributed by atoms with Gasteiger partial charge in [-0.1, -0.05) is 0 Å². The highest BCUT2D eigenvalue weighted by Crippen LogP contribution is 2.28. The van der Waals surface area contributed by atoms with E-state index < -0.39 is 0 Å². The van der Waals surface area contributed by atoms with Gasteiger partial charge in [-0.05, 0) is 18.9 Å². The summed E-state index contributed by atoms with van der Waals surface area (Å²) in [6, 6.07) is 3.66. The second kappa shape index (κ2) is 4.42. The summed E-state index contributed by atoms with van der Waals surface area (Å²) in [6.45, 7) is 0.482. The molecule has 1 fully saturated rings. The zero-order valence-electron chi connectivity index (χ0n) is 10.2. The van der Waals surface area contributed by atoms with Crippen LogP contribution in [-0.4, -0.2) is 23.2 Å². The van der Waals surface area contributed by atoms with Gasteiger partial charge in [0.05, 0.1) is 37.2 Å². The molecule has 2 N–H and O–H groups in total. The number of rotatable bonds is 4. The van der Waals surface area contributed by atoms with Crippen LogP contribution >= 0.6 is 0 Å². The predicted octanol–water partition coefficient (Wildman–Crippen LogP) is 1.90. The lowest BCUT2D eigenvalue weighted by Gasteiger charge is -2.10. The van der Waals surface area contributed by atoms with Crippen LogP contribution in [0.3, 0.4) is 0 Å². The molecule has 18 heavy (non-hydrogen) atoms. The van der Waals surface area contributed by atoms with E-state index in [1.54, 1.807) is 19.4 Å². The monoisotopic (exact) mass is 245 g/mol. The molecule has 2 aromatic rings. The maximum atomic E-state index is 5.96. The summed E-state index contributed by atoms with van der Waals surface area (Å²) in [6.07, 6.45) is 4.32. The van der Waals surface area contributed by atoms with Crippen molar-refractivity contribution < 1.29 is 9.47 Å². The van der Waals surface area contributed by atoms with Crippen LogP contribution in [0.25, 0.3) is 11.0 Å². The predicted molar refractivity (Wildman–Crippen MR) is 68.3 cm³/mol. The Morgan fingerprint density at radius 2 is 2.22 bits per heavy atom. The Morgan fingerprint density at radius 1 is 1.39 bits per heavy atom. The Labute approximate surface area is 105 Å². The third kappa shape index (κ3) is 2.09. The Kier molecular flexibility index (Phi) is 2.76. The number of aromatic nitrogens is 2. The van der Waals surface area contributed by atoms with E-state index in [-0.39, 0.29) is 0 Å². The van der Waals surface area contributed by atoms with Crippen molar-refractivity contribution in [2.45, 2.75) is 25.6 Å². The van der Waals surface area contributed by atoms with Crippen LogP contribution in [0.4, 0.5) is 5.69 Å². The highest BCUT2D eigenvalue weighted by Gasteiger charge is 2.23. The lowest BCUT2D eigenvalue weighted by atomic mass is 10.2. The molecular weight excluding hydrogens is 230 g/mol. The molecule has 0 spiro atoms. The topological polar surface area (TPSA) is 70.3 Å². The summed E-state index contributed by atoms with van der Waals surface area (Å²) < 4.78 is 10.8. The third-order valence-electron chi connectivity index (χ3n) is 3.02. The average molecular weight is 245 g/mol. The second-order valence-electron chi connectivity index (χ2n) is 4.42. The number of nitrogen functional groups attached to an aromatic ring is 1. The molecule has 0 radical (unpaired) electrons. The summed E-state index contributed by atoms with van der Waals surface area (Å²) >= 11 is 0. The smallest absolute Gasteiger partial charge is 0.213 e. The van der Waals surface area contributed by atoms with Crippen molar-refractivity contribution in [3.63, 3.8) is 0 Å². The van der Waals surface area contributed by atoms with Crippen molar-refractivity contribution in [3.05, 3.63) is 23.9 Å². The van der Waals surface area contributed by atoms with E-state index in [0.29, 0.717) is 24.3 Å². The first-order valence-corrected chi connectivity index (χ1v) is 5.97. The molecule has 1 aliphatic carbocycles. The number of anilines is 1. The quantitative estimate of drug-likeness (QED) is 0.890. The molecule has 1 saturated carbocycles. The molecule has 94 valence electrons. The second-order valence-corrected chi connectivity index (χ2v) is 4.42. The molecule has 0 bridgehead atoms. The van der Waals surface area contributed by atoms with Crippen molar-refractivity contribution in [1.29, 1.82) is 0 Å². The third-order valence-corrected chi connectivity index (χ3v) is 3.02. The molecule has 5 heteroatoms. The van der Waals surface area contributed by atoms with Crippen LogP contribution in [0.2, 0.25) is 0 Å². The first-order valence-electron chi connectivity index (χ1n) is 5.97. The van der Waals surface area contributed by atoms with Gasteiger partial charge in [0.2, 0.25) is 5.88 Å². The van der Waals surface area contributed by atoms with Gasteiger partial charge in [0.25, 0.3) is 0 Å². The highest BCUT2D eigenvalue weighted by molar-refractivity contribution is 5.82. The van der Waals surface area contributed by atoms with Gasteiger partial charge in [-0.25, -0.2) is 4.98 Å².